The summed E-state index contributed by atoms with van der Waals surface area (Å²) in [5.41, 5.74) is 1.49. The summed E-state index contributed by atoms with van der Waals surface area (Å²) in [4.78, 5) is 2.50. The molecule has 1 heterocycles. The fourth-order valence-electron chi connectivity index (χ4n) is 2.42. The molecule has 16 heavy (non-hydrogen) atoms. The number of hydrogen-bond donors (Lipinski definition) is 0. The molecule has 0 unspecified atom stereocenters. The van der Waals surface area contributed by atoms with Crippen LogP contribution in [0.15, 0.2) is 24.3 Å². The van der Waals surface area contributed by atoms with Crippen LogP contribution in [0.4, 0.5) is 4.39 Å². The van der Waals surface area contributed by atoms with Crippen LogP contribution in [0.25, 0.3) is 0 Å². The lowest BCUT2D eigenvalue weighted by molar-refractivity contribution is 0.0692. The molecule has 0 aromatic heterocycles. The van der Waals surface area contributed by atoms with E-state index in [-0.39, 0.29) is 11.4 Å². The maximum Gasteiger partial charge on any atom is 0.123 e. The number of nitrogens with zero attached hydrogens (tertiary/aromatic N) is 1. The van der Waals surface area contributed by atoms with Crippen LogP contribution in [0.5, 0.6) is 0 Å². The minimum Gasteiger partial charge on any atom is -0.294 e. The van der Waals surface area contributed by atoms with Gasteiger partial charge in [0.25, 0.3) is 0 Å². The van der Waals surface area contributed by atoms with E-state index in [1.807, 2.05) is 12.1 Å². The summed E-state index contributed by atoms with van der Waals surface area (Å²) >= 11 is 0. The van der Waals surface area contributed by atoms with Gasteiger partial charge in [-0.25, -0.2) is 4.39 Å². The molecule has 0 N–H and O–H groups in total. The molecule has 88 valence electrons. The number of halogens is 1. The summed E-state index contributed by atoms with van der Waals surface area (Å²) in [6, 6.07) is 6.87. The lowest BCUT2D eigenvalue weighted by Gasteiger charge is -2.42. The van der Waals surface area contributed by atoms with E-state index in [9.17, 15) is 4.39 Å². The van der Waals surface area contributed by atoms with Gasteiger partial charge in [0.1, 0.15) is 5.82 Å². The molecule has 0 aliphatic carbocycles. The molecular weight excluding hydrogens is 201 g/mol. The summed E-state index contributed by atoms with van der Waals surface area (Å²) in [5, 5.41) is 0. The standard InChI is InChI=1S/C14H20FN/c1-14(2)9-3-4-10-16(14)11-12-5-7-13(15)8-6-12/h5-8H,3-4,9-11H2,1-2H3. The Bertz CT molecular complexity index is 342. The van der Waals surface area contributed by atoms with Crippen LogP contribution in [0.3, 0.4) is 0 Å². The van der Waals surface area contributed by atoms with Gasteiger partial charge in [0.2, 0.25) is 0 Å². The van der Waals surface area contributed by atoms with Crippen molar-refractivity contribution in [2.45, 2.75) is 45.2 Å². The SMILES string of the molecule is CC1(C)CCCCN1Cc1ccc(F)cc1. The quantitative estimate of drug-likeness (QED) is 0.737. The highest BCUT2D eigenvalue weighted by atomic mass is 19.1. The van der Waals surface area contributed by atoms with Crippen molar-refractivity contribution in [3.8, 4) is 0 Å². The normalized spacial score (nSPS) is 20.9. The Morgan fingerprint density at radius 1 is 1.19 bits per heavy atom. The number of rotatable bonds is 2. The number of hydrogen-bond acceptors (Lipinski definition) is 1. The Morgan fingerprint density at radius 2 is 1.88 bits per heavy atom. The van der Waals surface area contributed by atoms with Crippen molar-refractivity contribution in [3.63, 3.8) is 0 Å². The van der Waals surface area contributed by atoms with Crippen LogP contribution >= 0.6 is 0 Å². The Hall–Kier alpha value is -0.890. The van der Waals surface area contributed by atoms with Crippen molar-refractivity contribution >= 4 is 0 Å². The maximum atomic E-state index is 12.8. The van der Waals surface area contributed by atoms with E-state index >= 15 is 0 Å². The van der Waals surface area contributed by atoms with Gasteiger partial charge < -0.3 is 0 Å². The van der Waals surface area contributed by atoms with Gasteiger partial charge >= 0.3 is 0 Å². The van der Waals surface area contributed by atoms with Crippen molar-refractivity contribution in [1.29, 1.82) is 0 Å². The molecule has 1 aliphatic rings. The van der Waals surface area contributed by atoms with E-state index in [1.165, 1.54) is 24.8 Å². The Kier molecular flexibility index (Phi) is 3.29. The molecule has 1 aromatic carbocycles. The van der Waals surface area contributed by atoms with Gasteiger partial charge in [0.05, 0.1) is 0 Å². The molecule has 0 bridgehead atoms. The highest BCUT2D eigenvalue weighted by Gasteiger charge is 2.29. The molecule has 0 amide bonds. The molecule has 0 spiro atoms. The van der Waals surface area contributed by atoms with Crippen LogP contribution < -0.4 is 0 Å². The van der Waals surface area contributed by atoms with Gasteiger partial charge in [0, 0.05) is 12.1 Å². The fraction of sp³-hybridized carbons (Fsp3) is 0.571. The van der Waals surface area contributed by atoms with Crippen LogP contribution in [0, 0.1) is 5.82 Å². The molecule has 1 aliphatic heterocycles. The zero-order valence-corrected chi connectivity index (χ0v) is 10.2. The van der Waals surface area contributed by atoms with Crippen molar-refractivity contribution in [3.05, 3.63) is 35.6 Å². The zero-order chi connectivity index (χ0) is 11.6. The first-order valence-corrected chi connectivity index (χ1v) is 6.07. The first kappa shape index (κ1) is 11.6. The lowest BCUT2D eigenvalue weighted by atomic mass is 9.90. The van der Waals surface area contributed by atoms with E-state index in [0.717, 1.165) is 13.1 Å². The number of piperidine rings is 1. The molecule has 1 nitrogen and oxygen atoms in total. The second-order valence-corrected chi connectivity index (χ2v) is 5.32. The Morgan fingerprint density at radius 3 is 2.50 bits per heavy atom. The summed E-state index contributed by atoms with van der Waals surface area (Å²) in [6.07, 6.45) is 3.87. The first-order valence-electron chi connectivity index (χ1n) is 6.07. The molecule has 2 heteroatoms. The van der Waals surface area contributed by atoms with E-state index in [4.69, 9.17) is 0 Å². The van der Waals surface area contributed by atoms with Gasteiger partial charge in [-0.2, -0.15) is 0 Å². The highest BCUT2D eigenvalue weighted by molar-refractivity contribution is 5.16. The van der Waals surface area contributed by atoms with E-state index in [2.05, 4.69) is 18.7 Å². The van der Waals surface area contributed by atoms with E-state index in [0.29, 0.717) is 0 Å². The van der Waals surface area contributed by atoms with Crippen LogP contribution in [-0.4, -0.2) is 17.0 Å². The third-order valence-electron chi connectivity index (χ3n) is 3.61. The van der Waals surface area contributed by atoms with Crippen molar-refractivity contribution in [2.24, 2.45) is 0 Å². The van der Waals surface area contributed by atoms with E-state index < -0.39 is 0 Å². The lowest BCUT2D eigenvalue weighted by Crippen LogP contribution is -2.46. The fourth-order valence-corrected chi connectivity index (χ4v) is 2.42. The smallest absolute Gasteiger partial charge is 0.123 e. The van der Waals surface area contributed by atoms with Crippen molar-refractivity contribution in [2.75, 3.05) is 6.54 Å². The third-order valence-corrected chi connectivity index (χ3v) is 3.61. The van der Waals surface area contributed by atoms with Crippen LogP contribution in [-0.2, 0) is 6.54 Å². The number of likely N-dealkylation sites (tertiary alicyclic amines) is 1. The Labute approximate surface area is 97.3 Å². The predicted octanol–water partition coefficient (Wildman–Crippen LogP) is 3.59. The molecular formula is C14H20FN. The molecule has 0 saturated carbocycles. The minimum absolute atomic E-state index is 0.151. The van der Waals surface area contributed by atoms with Gasteiger partial charge in [-0.1, -0.05) is 18.6 Å². The summed E-state index contributed by atoms with van der Waals surface area (Å²) < 4.78 is 12.8. The maximum absolute atomic E-state index is 12.8. The molecule has 1 saturated heterocycles. The molecule has 2 rings (SSSR count). The largest absolute Gasteiger partial charge is 0.294 e. The molecule has 0 radical (unpaired) electrons. The number of benzene rings is 1. The average Bonchev–Trinajstić information content (AvgIpc) is 2.24. The third kappa shape index (κ3) is 2.62. The van der Waals surface area contributed by atoms with Gasteiger partial charge in [-0.3, -0.25) is 4.90 Å². The minimum atomic E-state index is -0.151. The van der Waals surface area contributed by atoms with Crippen molar-refractivity contribution < 1.29 is 4.39 Å². The van der Waals surface area contributed by atoms with Crippen LogP contribution in [0.2, 0.25) is 0 Å². The topological polar surface area (TPSA) is 3.24 Å². The second kappa shape index (κ2) is 4.54. The summed E-state index contributed by atoms with van der Waals surface area (Å²) in [5.74, 6) is -0.151. The van der Waals surface area contributed by atoms with Gasteiger partial charge in [-0.15, -0.1) is 0 Å². The summed E-state index contributed by atoms with van der Waals surface area (Å²) in [7, 11) is 0. The van der Waals surface area contributed by atoms with Crippen LogP contribution in [0.1, 0.15) is 38.7 Å². The molecule has 0 atom stereocenters. The zero-order valence-electron chi connectivity index (χ0n) is 10.2. The monoisotopic (exact) mass is 221 g/mol. The second-order valence-electron chi connectivity index (χ2n) is 5.32. The molecule has 1 aromatic rings. The van der Waals surface area contributed by atoms with Gasteiger partial charge in [0.15, 0.2) is 0 Å². The highest BCUT2D eigenvalue weighted by Crippen LogP contribution is 2.28. The summed E-state index contributed by atoms with van der Waals surface area (Å²) in [6.45, 7) is 6.70. The molecule has 1 fully saturated rings. The first-order chi connectivity index (χ1) is 7.58. The van der Waals surface area contributed by atoms with E-state index in [1.54, 1.807) is 12.1 Å². The Balaban J connectivity index is 2.05. The predicted molar refractivity (Wildman–Crippen MR) is 64.7 cm³/mol. The van der Waals surface area contributed by atoms with Gasteiger partial charge in [-0.05, 0) is 50.9 Å². The average molecular weight is 221 g/mol. The van der Waals surface area contributed by atoms with Crippen molar-refractivity contribution in [1.82, 2.24) is 4.90 Å².